The fourth-order valence-electron chi connectivity index (χ4n) is 1.15. The molecule has 5 heteroatoms. The highest BCUT2D eigenvalue weighted by Gasteiger charge is 2.25. The molecule has 0 aliphatic heterocycles. The maximum absolute atomic E-state index is 10.3. The van der Waals surface area contributed by atoms with Crippen LogP contribution in [0.4, 0.5) is 5.82 Å². The number of rotatable bonds is 3. The van der Waals surface area contributed by atoms with Crippen LogP contribution in [0.5, 0.6) is 0 Å². The van der Waals surface area contributed by atoms with Crippen LogP contribution >= 0.6 is 11.6 Å². The van der Waals surface area contributed by atoms with E-state index in [0.717, 1.165) is 0 Å². The minimum absolute atomic E-state index is 0.0424. The van der Waals surface area contributed by atoms with Crippen molar-refractivity contribution in [2.75, 3.05) is 5.73 Å². The average Bonchev–Trinajstić information content (AvgIpc) is 2.09. The predicted octanol–water partition coefficient (Wildman–Crippen LogP) is 1.11. The van der Waals surface area contributed by atoms with Gasteiger partial charge in [0.25, 0.3) is 0 Å². The highest BCUT2D eigenvalue weighted by Crippen LogP contribution is 2.29. The van der Waals surface area contributed by atoms with Crippen molar-refractivity contribution in [2.45, 2.75) is 18.9 Å². The summed E-state index contributed by atoms with van der Waals surface area (Å²) in [6.07, 6.45) is 1.97. The standard InChI is InChI=1S/C9H11ClN2O2/c1-9(14,2-3-13)7-4-6(10)5-12-8(7)11/h3-5,14H,2H2,1H3,(H2,11,12). The van der Waals surface area contributed by atoms with Gasteiger partial charge in [-0.25, -0.2) is 4.98 Å². The largest absolute Gasteiger partial charge is 0.385 e. The molecule has 1 unspecified atom stereocenters. The lowest BCUT2D eigenvalue weighted by molar-refractivity contribution is -0.112. The summed E-state index contributed by atoms with van der Waals surface area (Å²) in [6.45, 7) is 1.49. The van der Waals surface area contributed by atoms with Crippen LogP contribution in [-0.2, 0) is 10.4 Å². The lowest BCUT2D eigenvalue weighted by Crippen LogP contribution is -2.23. The number of hydrogen-bond donors (Lipinski definition) is 2. The van der Waals surface area contributed by atoms with Gasteiger partial charge in [0, 0.05) is 18.2 Å². The summed E-state index contributed by atoms with van der Waals surface area (Å²) in [4.78, 5) is 14.1. The first-order chi connectivity index (χ1) is 6.47. The third-order valence-electron chi connectivity index (χ3n) is 1.95. The number of nitrogens with zero attached hydrogens (tertiary/aromatic N) is 1. The van der Waals surface area contributed by atoms with Gasteiger partial charge in [-0.1, -0.05) is 11.6 Å². The third-order valence-corrected chi connectivity index (χ3v) is 2.15. The number of nitrogens with two attached hydrogens (primary N) is 1. The van der Waals surface area contributed by atoms with E-state index >= 15 is 0 Å². The zero-order chi connectivity index (χ0) is 10.8. The first-order valence-electron chi connectivity index (χ1n) is 4.05. The van der Waals surface area contributed by atoms with E-state index in [4.69, 9.17) is 17.3 Å². The van der Waals surface area contributed by atoms with E-state index in [-0.39, 0.29) is 12.2 Å². The molecule has 4 nitrogen and oxygen atoms in total. The fraction of sp³-hybridized carbons (Fsp3) is 0.333. The van der Waals surface area contributed by atoms with Crippen LogP contribution in [-0.4, -0.2) is 16.4 Å². The van der Waals surface area contributed by atoms with E-state index in [1.54, 1.807) is 0 Å². The molecule has 0 bridgehead atoms. The quantitative estimate of drug-likeness (QED) is 0.740. The second kappa shape index (κ2) is 3.94. The van der Waals surface area contributed by atoms with Crippen LogP contribution in [0, 0.1) is 0 Å². The number of aliphatic hydroxyl groups is 1. The molecular weight excluding hydrogens is 204 g/mol. The summed E-state index contributed by atoms with van der Waals surface area (Å²) in [6, 6.07) is 1.51. The van der Waals surface area contributed by atoms with E-state index < -0.39 is 5.60 Å². The van der Waals surface area contributed by atoms with Crippen molar-refractivity contribution >= 4 is 23.7 Å². The minimum Gasteiger partial charge on any atom is -0.385 e. The second-order valence-electron chi connectivity index (χ2n) is 3.23. The number of halogens is 1. The minimum atomic E-state index is -1.32. The normalized spacial score (nSPS) is 14.8. The van der Waals surface area contributed by atoms with E-state index in [0.29, 0.717) is 16.9 Å². The maximum atomic E-state index is 10.3. The molecular formula is C9H11ClN2O2. The van der Waals surface area contributed by atoms with Crippen molar-refractivity contribution in [1.82, 2.24) is 4.98 Å². The summed E-state index contributed by atoms with van der Waals surface area (Å²) in [5.74, 6) is 0.182. The van der Waals surface area contributed by atoms with Gasteiger partial charge in [-0.05, 0) is 13.0 Å². The highest BCUT2D eigenvalue weighted by atomic mass is 35.5. The molecule has 1 rings (SSSR count). The Morgan fingerprint density at radius 3 is 3.00 bits per heavy atom. The zero-order valence-electron chi connectivity index (χ0n) is 7.70. The number of aromatic nitrogens is 1. The van der Waals surface area contributed by atoms with E-state index in [9.17, 15) is 9.90 Å². The zero-order valence-corrected chi connectivity index (χ0v) is 8.45. The number of carbonyl (C=O) groups excluding carboxylic acids is 1. The third kappa shape index (κ3) is 2.21. The molecule has 0 aliphatic carbocycles. The smallest absolute Gasteiger partial charge is 0.129 e. The van der Waals surface area contributed by atoms with Gasteiger partial charge in [0.1, 0.15) is 12.1 Å². The molecule has 0 amide bonds. The van der Waals surface area contributed by atoms with Crippen LogP contribution in [0.15, 0.2) is 12.3 Å². The Balaban J connectivity index is 3.16. The van der Waals surface area contributed by atoms with Gasteiger partial charge >= 0.3 is 0 Å². The van der Waals surface area contributed by atoms with Crippen LogP contribution in [0.3, 0.4) is 0 Å². The number of aldehydes is 1. The monoisotopic (exact) mass is 214 g/mol. The maximum Gasteiger partial charge on any atom is 0.129 e. The van der Waals surface area contributed by atoms with Crippen molar-refractivity contribution in [1.29, 1.82) is 0 Å². The van der Waals surface area contributed by atoms with Gasteiger partial charge < -0.3 is 15.6 Å². The Labute approximate surface area is 86.7 Å². The molecule has 1 aromatic rings. The number of carbonyl (C=O) groups is 1. The summed E-state index contributed by atoms with van der Waals surface area (Å²) < 4.78 is 0. The summed E-state index contributed by atoms with van der Waals surface area (Å²) in [7, 11) is 0. The van der Waals surface area contributed by atoms with Gasteiger partial charge in [-0.15, -0.1) is 0 Å². The van der Waals surface area contributed by atoms with Gasteiger partial charge in [0.05, 0.1) is 10.6 Å². The molecule has 0 saturated carbocycles. The average molecular weight is 215 g/mol. The molecule has 14 heavy (non-hydrogen) atoms. The molecule has 0 aliphatic rings. The number of nitrogen functional groups attached to an aromatic ring is 1. The Kier molecular flexibility index (Phi) is 3.08. The number of hydrogen-bond acceptors (Lipinski definition) is 4. The van der Waals surface area contributed by atoms with E-state index in [2.05, 4.69) is 4.98 Å². The predicted molar refractivity (Wildman–Crippen MR) is 53.9 cm³/mol. The second-order valence-corrected chi connectivity index (χ2v) is 3.67. The lowest BCUT2D eigenvalue weighted by Gasteiger charge is -2.22. The molecule has 3 N–H and O–H groups in total. The molecule has 76 valence electrons. The molecule has 1 atom stereocenters. The van der Waals surface area contributed by atoms with Crippen molar-refractivity contribution in [2.24, 2.45) is 0 Å². The van der Waals surface area contributed by atoms with Gasteiger partial charge in [-0.3, -0.25) is 0 Å². The van der Waals surface area contributed by atoms with Crippen molar-refractivity contribution < 1.29 is 9.90 Å². The number of anilines is 1. The first kappa shape index (κ1) is 10.9. The van der Waals surface area contributed by atoms with Gasteiger partial charge in [0.15, 0.2) is 0 Å². The molecule has 0 fully saturated rings. The van der Waals surface area contributed by atoms with Crippen molar-refractivity contribution in [3.8, 4) is 0 Å². The van der Waals surface area contributed by atoms with Crippen LogP contribution in [0.1, 0.15) is 18.9 Å². The van der Waals surface area contributed by atoms with Crippen molar-refractivity contribution in [3.63, 3.8) is 0 Å². The SMILES string of the molecule is CC(O)(CC=O)c1cc(Cl)cnc1N. The Bertz CT molecular complexity index is 353. The molecule has 0 spiro atoms. The fourth-order valence-corrected chi connectivity index (χ4v) is 1.31. The van der Waals surface area contributed by atoms with Crippen molar-refractivity contribution in [3.05, 3.63) is 22.8 Å². The summed E-state index contributed by atoms with van der Waals surface area (Å²) >= 11 is 5.71. The summed E-state index contributed by atoms with van der Waals surface area (Å²) in [5.41, 5.74) is 4.62. The van der Waals surface area contributed by atoms with Crippen LogP contribution < -0.4 is 5.73 Å². The molecule has 0 saturated heterocycles. The Morgan fingerprint density at radius 2 is 2.43 bits per heavy atom. The molecule has 0 radical (unpaired) electrons. The Morgan fingerprint density at radius 1 is 1.79 bits per heavy atom. The van der Waals surface area contributed by atoms with Crippen LogP contribution in [0.2, 0.25) is 5.02 Å². The lowest BCUT2D eigenvalue weighted by atomic mass is 9.94. The highest BCUT2D eigenvalue weighted by molar-refractivity contribution is 6.30. The first-order valence-corrected chi connectivity index (χ1v) is 4.42. The summed E-state index contributed by atoms with van der Waals surface area (Å²) in [5, 5.41) is 10.3. The van der Waals surface area contributed by atoms with E-state index in [1.807, 2.05) is 0 Å². The van der Waals surface area contributed by atoms with Gasteiger partial charge in [0.2, 0.25) is 0 Å². The van der Waals surface area contributed by atoms with Crippen LogP contribution in [0.25, 0.3) is 0 Å². The molecule has 1 heterocycles. The number of pyridine rings is 1. The molecule has 0 aromatic carbocycles. The molecule has 1 aromatic heterocycles. The topological polar surface area (TPSA) is 76.2 Å². The van der Waals surface area contributed by atoms with E-state index in [1.165, 1.54) is 19.2 Å². The van der Waals surface area contributed by atoms with Gasteiger partial charge in [-0.2, -0.15) is 0 Å². The Hall–Kier alpha value is -1.13.